The van der Waals surface area contributed by atoms with E-state index in [0.29, 0.717) is 12.1 Å². The van der Waals surface area contributed by atoms with Crippen LogP contribution in [0.25, 0.3) is 39.1 Å². The summed E-state index contributed by atoms with van der Waals surface area (Å²) in [6.45, 7) is 2.32. The minimum Gasteiger partial charge on any atom is -0.348 e. The van der Waals surface area contributed by atoms with Crippen LogP contribution in [0.2, 0.25) is 0 Å². The molecule has 0 bridgehead atoms. The third-order valence-electron chi connectivity index (χ3n) is 6.77. The van der Waals surface area contributed by atoms with Crippen molar-refractivity contribution in [2.45, 2.75) is 13.5 Å². The van der Waals surface area contributed by atoms with Gasteiger partial charge in [0.15, 0.2) is 0 Å². The van der Waals surface area contributed by atoms with Crippen molar-refractivity contribution in [3.05, 3.63) is 120 Å². The van der Waals surface area contributed by atoms with Crippen LogP contribution in [0.4, 0.5) is 0 Å². The molecule has 38 heavy (non-hydrogen) atoms. The highest BCUT2D eigenvalue weighted by Crippen LogP contribution is 2.28. The topological polar surface area (TPSA) is 77.6 Å². The Balaban J connectivity index is 1.36. The molecular formula is C31H26N6O. The number of para-hydroxylation sites is 2. The van der Waals surface area contributed by atoms with Gasteiger partial charge in [-0.2, -0.15) is 10.2 Å². The maximum Gasteiger partial charge on any atom is 0.252 e. The Bertz CT molecular complexity index is 1750. The predicted octanol–water partition coefficient (Wildman–Crippen LogP) is 5.73. The van der Waals surface area contributed by atoms with Gasteiger partial charge in [-0.25, -0.2) is 9.67 Å². The first-order valence-corrected chi connectivity index (χ1v) is 12.4. The normalized spacial score (nSPS) is 11.1. The number of carbonyl (C=O) groups excluding carboxylic acids is 1. The zero-order chi connectivity index (χ0) is 26.1. The van der Waals surface area contributed by atoms with Crippen molar-refractivity contribution in [2.24, 2.45) is 7.05 Å². The molecule has 0 spiro atoms. The minimum atomic E-state index is -0.169. The lowest BCUT2D eigenvalue weighted by atomic mass is 10.0. The summed E-state index contributed by atoms with van der Waals surface area (Å²) in [7, 11) is 1.90. The van der Waals surface area contributed by atoms with E-state index in [-0.39, 0.29) is 5.91 Å². The number of amides is 1. The average Bonchev–Trinajstić information content (AvgIpc) is 3.55. The average molecular weight is 499 g/mol. The zero-order valence-corrected chi connectivity index (χ0v) is 21.2. The fourth-order valence-electron chi connectivity index (χ4n) is 4.61. The van der Waals surface area contributed by atoms with Crippen LogP contribution in [0.3, 0.4) is 0 Å². The first-order chi connectivity index (χ1) is 18.6. The van der Waals surface area contributed by atoms with E-state index in [4.69, 9.17) is 10.1 Å². The summed E-state index contributed by atoms with van der Waals surface area (Å²) < 4.78 is 3.66. The molecule has 0 aliphatic rings. The summed E-state index contributed by atoms with van der Waals surface area (Å²) in [5, 5.41) is 13.2. The van der Waals surface area contributed by atoms with E-state index in [1.165, 1.54) is 0 Å². The Morgan fingerprint density at radius 3 is 2.37 bits per heavy atom. The van der Waals surface area contributed by atoms with Gasteiger partial charge in [0, 0.05) is 47.6 Å². The number of aryl methyl sites for hydroxylation is 1. The molecule has 1 amide bonds. The van der Waals surface area contributed by atoms with E-state index >= 15 is 0 Å². The van der Waals surface area contributed by atoms with Crippen molar-refractivity contribution >= 4 is 16.8 Å². The second kappa shape index (κ2) is 9.78. The quantitative estimate of drug-likeness (QED) is 0.318. The van der Waals surface area contributed by atoms with Gasteiger partial charge in [-0.1, -0.05) is 66.7 Å². The Kier molecular flexibility index (Phi) is 6.01. The van der Waals surface area contributed by atoms with Gasteiger partial charge in [-0.15, -0.1) is 0 Å². The van der Waals surface area contributed by atoms with E-state index in [1.54, 1.807) is 10.9 Å². The van der Waals surface area contributed by atoms with Crippen LogP contribution in [0, 0.1) is 6.92 Å². The highest BCUT2D eigenvalue weighted by Gasteiger charge is 2.18. The molecule has 0 saturated heterocycles. The molecule has 3 aromatic heterocycles. The number of nitrogens with zero attached hydrogens (tertiary/aromatic N) is 5. The fourth-order valence-corrected chi connectivity index (χ4v) is 4.61. The molecule has 0 atom stereocenters. The van der Waals surface area contributed by atoms with E-state index < -0.39 is 0 Å². The van der Waals surface area contributed by atoms with Crippen molar-refractivity contribution < 1.29 is 4.79 Å². The van der Waals surface area contributed by atoms with Crippen LogP contribution in [0.5, 0.6) is 0 Å². The van der Waals surface area contributed by atoms with Crippen molar-refractivity contribution in [3.63, 3.8) is 0 Å². The summed E-state index contributed by atoms with van der Waals surface area (Å²) in [5.74, 6) is -0.169. The second-order valence-electron chi connectivity index (χ2n) is 9.17. The zero-order valence-electron chi connectivity index (χ0n) is 21.2. The van der Waals surface area contributed by atoms with E-state index in [2.05, 4.69) is 10.4 Å². The summed E-state index contributed by atoms with van der Waals surface area (Å²) in [4.78, 5) is 18.5. The van der Waals surface area contributed by atoms with Crippen LogP contribution in [0.1, 0.15) is 21.6 Å². The summed E-state index contributed by atoms with van der Waals surface area (Å²) in [6, 6.07) is 29.6. The number of nitrogens with one attached hydrogen (secondary N) is 1. The molecule has 0 saturated carbocycles. The van der Waals surface area contributed by atoms with Gasteiger partial charge < -0.3 is 5.32 Å². The Morgan fingerprint density at radius 2 is 1.63 bits per heavy atom. The third kappa shape index (κ3) is 4.35. The maximum atomic E-state index is 13.6. The Labute approximate surface area is 220 Å². The molecule has 0 aliphatic carbocycles. The molecule has 0 fully saturated rings. The Hall–Kier alpha value is -5.04. The number of hydrogen-bond acceptors (Lipinski definition) is 4. The molecule has 6 rings (SSSR count). The lowest BCUT2D eigenvalue weighted by Gasteiger charge is -2.11. The molecule has 1 N–H and O–H groups in total. The van der Waals surface area contributed by atoms with Crippen molar-refractivity contribution in [2.75, 3.05) is 0 Å². The van der Waals surface area contributed by atoms with Gasteiger partial charge in [0.25, 0.3) is 5.91 Å². The molecule has 6 aromatic rings. The first-order valence-electron chi connectivity index (χ1n) is 12.4. The van der Waals surface area contributed by atoms with Crippen LogP contribution in [0.15, 0.2) is 103 Å². The smallest absolute Gasteiger partial charge is 0.252 e. The van der Waals surface area contributed by atoms with E-state index in [0.717, 1.165) is 50.4 Å². The molecular weight excluding hydrogens is 472 g/mol. The van der Waals surface area contributed by atoms with Gasteiger partial charge in [0.2, 0.25) is 0 Å². The predicted molar refractivity (Wildman–Crippen MR) is 149 cm³/mol. The number of fused-ring (bicyclic) bond motifs is 1. The highest BCUT2D eigenvalue weighted by molar-refractivity contribution is 6.07. The van der Waals surface area contributed by atoms with Crippen molar-refractivity contribution in [1.82, 2.24) is 29.9 Å². The molecule has 0 radical (unpaired) electrons. The summed E-state index contributed by atoms with van der Waals surface area (Å²) >= 11 is 0. The van der Waals surface area contributed by atoms with Crippen molar-refractivity contribution in [1.29, 1.82) is 0 Å². The number of hydrogen-bond donors (Lipinski definition) is 1. The van der Waals surface area contributed by atoms with Crippen molar-refractivity contribution in [3.8, 4) is 28.2 Å². The summed E-state index contributed by atoms with van der Waals surface area (Å²) in [5.41, 5.74) is 7.67. The highest BCUT2D eigenvalue weighted by atomic mass is 16.1. The van der Waals surface area contributed by atoms with Crippen LogP contribution < -0.4 is 5.32 Å². The van der Waals surface area contributed by atoms with Crippen LogP contribution in [-0.2, 0) is 13.6 Å². The second-order valence-corrected chi connectivity index (χ2v) is 9.17. The molecule has 3 aromatic carbocycles. The first kappa shape index (κ1) is 23.4. The monoisotopic (exact) mass is 498 g/mol. The lowest BCUT2D eigenvalue weighted by Crippen LogP contribution is -2.23. The van der Waals surface area contributed by atoms with Crippen LogP contribution >= 0.6 is 0 Å². The molecule has 0 aliphatic heterocycles. The van der Waals surface area contributed by atoms with Gasteiger partial charge >= 0.3 is 0 Å². The molecule has 7 heteroatoms. The number of carbonyl (C=O) groups is 1. The number of rotatable bonds is 6. The van der Waals surface area contributed by atoms with Gasteiger partial charge in [0.1, 0.15) is 0 Å². The number of aromatic nitrogens is 5. The summed E-state index contributed by atoms with van der Waals surface area (Å²) in [6.07, 6.45) is 3.77. The maximum absolute atomic E-state index is 13.6. The molecule has 3 heterocycles. The lowest BCUT2D eigenvalue weighted by molar-refractivity contribution is 0.0952. The Morgan fingerprint density at radius 1 is 0.921 bits per heavy atom. The number of pyridine rings is 1. The molecule has 186 valence electrons. The number of benzene rings is 3. The largest absolute Gasteiger partial charge is 0.348 e. The standard InChI is InChI=1S/C31H26N6O/c1-21-27(19-33-36(21)2)29-17-26(25-15-9-10-16-28(25)34-29)31(38)32-18-23-20-37(24-13-7-4-8-14-24)35-30(23)22-11-5-3-6-12-22/h3-17,19-20H,18H2,1-2H3,(H,32,38). The van der Waals surface area contributed by atoms with Gasteiger partial charge in [0.05, 0.1) is 34.4 Å². The van der Waals surface area contributed by atoms with E-state index in [1.807, 2.05) is 116 Å². The van der Waals surface area contributed by atoms with Gasteiger partial charge in [-0.05, 0) is 31.2 Å². The van der Waals surface area contributed by atoms with Crippen LogP contribution in [-0.4, -0.2) is 30.5 Å². The third-order valence-corrected chi connectivity index (χ3v) is 6.77. The molecule has 7 nitrogen and oxygen atoms in total. The minimum absolute atomic E-state index is 0.169. The van der Waals surface area contributed by atoms with E-state index in [9.17, 15) is 4.79 Å². The van der Waals surface area contributed by atoms with Gasteiger partial charge in [-0.3, -0.25) is 9.48 Å². The molecule has 0 unspecified atom stereocenters. The fraction of sp³-hybridized carbons (Fsp3) is 0.0968. The SMILES string of the molecule is Cc1c(-c2cc(C(=O)NCc3cn(-c4ccccc4)nc3-c3ccccc3)c3ccccc3n2)cnn1C.